The zero-order valence-electron chi connectivity index (χ0n) is 15.5. The summed E-state index contributed by atoms with van der Waals surface area (Å²) in [6.45, 7) is 14.3. The second-order valence-electron chi connectivity index (χ2n) is 4.68. The van der Waals surface area contributed by atoms with Crippen molar-refractivity contribution in [1.29, 1.82) is 0 Å². The lowest BCUT2D eigenvalue weighted by molar-refractivity contribution is -0.468. The lowest BCUT2D eigenvalue weighted by Gasteiger charge is -2.39. The van der Waals surface area contributed by atoms with E-state index in [9.17, 15) is 9.36 Å². The van der Waals surface area contributed by atoms with Crippen LogP contribution in [-0.2, 0) is 33.0 Å². The highest BCUT2D eigenvalue weighted by Crippen LogP contribution is 2.52. The van der Waals surface area contributed by atoms with E-state index >= 15 is 0 Å². The van der Waals surface area contributed by atoms with Gasteiger partial charge in [0, 0.05) is 5.57 Å². The van der Waals surface area contributed by atoms with Crippen molar-refractivity contribution < 1.29 is 33.0 Å². The number of rotatable bonds is 14. The van der Waals surface area contributed by atoms with E-state index < -0.39 is 24.8 Å². The van der Waals surface area contributed by atoms with Gasteiger partial charge in [0.05, 0.1) is 33.0 Å². The first-order valence-corrected chi connectivity index (χ1v) is 9.45. The Balaban J connectivity index is 6.40. The molecule has 140 valence electrons. The van der Waals surface area contributed by atoms with Gasteiger partial charge in [-0.2, -0.15) is 0 Å². The molecule has 0 N–H and O–H groups in total. The first-order valence-electron chi connectivity index (χ1n) is 8.19. The number of carbonyl (C=O) groups is 1. The van der Waals surface area contributed by atoms with Crippen LogP contribution in [0.3, 0.4) is 0 Å². The first kappa shape index (κ1) is 23.3. The fraction of sp³-hybridized carbons (Fsp3) is 0.812. The Morgan fingerprint density at radius 3 is 1.42 bits per heavy atom. The van der Waals surface area contributed by atoms with Gasteiger partial charge in [0.1, 0.15) is 0 Å². The summed E-state index contributed by atoms with van der Waals surface area (Å²) in [4.78, 5) is 12.4. The summed E-state index contributed by atoms with van der Waals surface area (Å²) in [7, 11) is -2.77. The molecule has 1 unspecified atom stereocenters. The zero-order chi connectivity index (χ0) is 18.8. The van der Waals surface area contributed by atoms with Crippen molar-refractivity contribution in [2.75, 3.05) is 33.0 Å². The minimum absolute atomic E-state index is 0.111. The Labute approximate surface area is 145 Å². The van der Waals surface area contributed by atoms with Crippen molar-refractivity contribution in [1.82, 2.24) is 0 Å². The van der Waals surface area contributed by atoms with Gasteiger partial charge >= 0.3 is 24.8 Å². The van der Waals surface area contributed by atoms with Crippen LogP contribution in [0.5, 0.6) is 0 Å². The number of ether oxygens (including phenoxy) is 5. The third-order valence-corrected chi connectivity index (χ3v) is 4.70. The summed E-state index contributed by atoms with van der Waals surface area (Å²) in [5.74, 6) is -1.93. The van der Waals surface area contributed by atoms with Crippen molar-refractivity contribution >= 4 is 13.3 Å². The van der Waals surface area contributed by atoms with Crippen LogP contribution in [0.15, 0.2) is 12.2 Å². The number of hydrogen-bond donors (Lipinski definition) is 0. The minimum Gasteiger partial charge on any atom is -0.320 e. The molecule has 0 heterocycles. The molecule has 0 spiro atoms. The van der Waals surface area contributed by atoms with Crippen LogP contribution in [0, 0.1) is 0 Å². The van der Waals surface area contributed by atoms with Crippen molar-refractivity contribution in [2.24, 2.45) is 0 Å². The van der Waals surface area contributed by atoms with E-state index in [1.165, 1.54) is 6.92 Å². The van der Waals surface area contributed by atoms with Crippen molar-refractivity contribution in [3.63, 3.8) is 0 Å². The number of hydrogen-bond acceptors (Lipinski definition) is 7. The predicted octanol–water partition coefficient (Wildman–Crippen LogP) is 3.41. The van der Waals surface area contributed by atoms with Crippen LogP contribution in [-0.4, -0.2) is 50.1 Å². The van der Waals surface area contributed by atoms with Crippen LogP contribution in [0.4, 0.5) is 0 Å². The quantitative estimate of drug-likeness (QED) is 0.265. The molecule has 0 saturated heterocycles. The molecule has 0 aliphatic rings. The fourth-order valence-corrected chi connectivity index (χ4v) is 3.68. The van der Waals surface area contributed by atoms with Crippen LogP contribution < -0.4 is 0 Å². The van der Waals surface area contributed by atoms with Gasteiger partial charge in [-0.05, 0) is 41.5 Å². The van der Waals surface area contributed by atoms with Gasteiger partial charge in [-0.15, -0.1) is 0 Å². The molecule has 0 rings (SSSR count). The fourth-order valence-electron chi connectivity index (χ4n) is 2.13. The van der Waals surface area contributed by atoms with Crippen molar-refractivity contribution in [2.45, 2.75) is 53.0 Å². The Morgan fingerprint density at radius 1 is 0.833 bits per heavy atom. The largest absolute Gasteiger partial charge is 0.495 e. The van der Waals surface area contributed by atoms with Crippen molar-refractivity contribution in [3.05, 3.63) is 12.2 Å². The summed E-state index contributed by atoms with van der Waals surface area (Å²) < 4.78 is 41.5. The Hall–Kier alpha value is -0.690. The third-order valence-electron chi connectivity index (χ3n) is 2.89. The first-order chi connectivity index (χ1) is 11.3. The van der Waals surface area contributed by atoms with Crippen LogP contribution in [0.25, 0.3) is 0 Å². The van der Waals surface area contributed by atoms with Gasteiger partial charge in [0.25, 0.3) is 0 Å². The van der Waals surface area contributed by atoms with Crippen LogP contribution in [0.1, 0.15) is 41.5 Å². The maximum absolute atomic E-state index is 13.1. The maximum Gasteiger partial charge on any atom is 0.495 e. The molecule has 24 heavy (non-hydrogen) atoms. The highest BCUT2D eigenvalue weighted by atomic mass is 31.1. The third kappa shape index (κ3) is 4.91. The topological polar surface area (TPSA) is 80.3 Å². The molecule has 0 aromatic heterocycles. The van der Waals surface area contributed by atoms with Gasteiger partial charge in [-0.1, -0.05) is 11.1 Å². The lowest BCUT2D eigenvalue weighted by Crippen LogP contribution is -2.61. The standard InChI is InChI=1S/C16H30O7P/c1-8-19-15(20-9-2,21-10-3)16(22-11-4,23-12-5)24(18)14(17)13(6)7/h6,8-12H2,1-5,7H3/q+1. The van der Waals surface area contributed by atoms with Gasteiger partial charge in [-0.25, -0.2) is 4.79 Å². The number of allylic oxidation sites excluding steroid dienone is 1. The SMILES string of the molecule is C=C(C)C(=O)[P+](=O)C(OCC)(OCC)C(OCC)(OCC)OCC. The molecule has 0 saturated carbocycles. The van der Waals surface area contributed by atoms with E-state index in [0.29, 0.717) is 0 Å². The molecule has 0 aliphatic carbocycles. The molecule has 8 heteroatoms. The molecular formula is C16H30O7P+. The van der Waals surface area contributed by atoms with E-state index in [0.717, 1.165) is 0 Å². The van der Waals surface area contributed by atoms with E-state index in [1.54, 1.807) is 34.6 Å². The van der Waals surface area contributed by atoms with E-state index in [1.807, 2.05) is 0 Å². The molecule has 7 nitrogen and oxygen atoms in total. The van der Waals surface area contributed by atoms with Crippen LogP contribution >= 0.6 is 7.80 Å². The second kappa shape index (κ2) is 11.0. The van der Waals surface area contributed by atoms with E-state index in [-0.39, 0.29) is 38.6 Å². The van der Waals surface area contributed by atoms with E-state index in [2.05, 4.69) is 6.58 Å². The summed E-state index contributed by atoms with van der Waals surface area (Å²) >= 11 is 0. The average Bonchev–Trinajstić information content (AvgIpc) is 2.53. The maximum atomic E-state index is 13.1. The smallest absolute Gasteiger partial charge is 0.320 e. The van der Waals surface area contributed by atoms with Crippen LogP contribution in [0.2, 0.25) is 0 Å². The van der Waals surface area contributed by atoms with Gasteiger partial charge < -0.3 is 23.7 Å². The lowest BCUT2D eigenvalue weighted by atomic mass is 10.4. The summed E-state index contributed by atoms with van der Waals surface area (Å²) in [5.41, 5.74) is -2.60. The Morgan fingerprint density at radius 2 is 1.17 bits per heavy atom. The van der Waals surface area contributed by atoms with Gasteiger partial charge in [0.2, 0.25) is 0 Å². The highest BCUT2D eigenvalue weighted by molar-refractivity contribution is 7.65. The van der Waals surface area contributed by atoms with E-state index in [4.69, 9.17) is 23.7 Å². The minimum atomic E-state index is -2.77. The van der Waals surface area contributed by atoms with Crippen molar-refractivity contribution in [3.8, 4) is 0 Å². The normalized spacial score (nSPS) is 13.0. The van der Waals surface area contributed by atoms with Gasteiger partial charge in [-0.3, -0.25) is 0 Å². The van der Waals surface area contributed by atoms with Gasteiger partial charge in [0.15, 0.2) is 0 Å². The molecule has 0 amide bonds. The Bertz CT molecular complexity index is 413. The molecule has 0 aromatic rings. The summed E-state index contributed by atoms with van der Waals surface area (Å²) in [6, 6.07) is 0. The average molecular weight is 365 g/mol. The highest BCUT2D eigenvalue weighted by Gasteiger charge is 2.75. The zero-order valence-corrected chi connectivity index (χ0v) is 16.4. The molecule has 0 fully saturated rings. The Kier molecular flexibility index (Phi) is 10.7. The molecule has 0 bridgehead atoms. The molecular weight excluding hydrogens is 335 g/mol. The second-order valence-corrected chi connectivity index (χ2v) is 6.27. The molecule has 0 radical (unpaired) electrons. The monoisotopic (exact) mass is 365 g/mol. The summed E-state index contributed by atoms with van der Waals surface area (Å²) in [6.07, 6.45) is 0. The number of carbonyl (C=O) groups excluding carboxylic acids is 1. The predicted molar refractivity (Wildman–Crippen MR) is 91.0 cm³/mol. The molecule has 0 aromatic carbocycles. The molecule has 0 aliphatic heterocycles. The molecule has 1 atom stereocenters. The summed E-state index contributed by atoms with van der Waals surface area (Å²) in [5, 5.41) is 0.